The van der Waals surface area contributed by atoms with Crippen LogP contribution in [0, 0.1) is 11.3 Å². The van der Waals surface area contributed by atoms with Gasteiger partial charge in [-0.15, -0.1) is 13.2 Å². The Morgan fingerprint density at radius 2 is 1.93 bits per heavy atom. The Hall–Kier alpha value is -1.27. The smallest absolute Gasteiger partial charge is 0.158 e. The van der Waals surface area contributed by atoms with Gasteiger partial charge in [0.2, 0.25) is 0 Å². The fraction of sp³-hybridized carbons (Fsp3) is 0.708. The molecule has 0 aliphatic heterocycles. The van der Waals surface area contributed by atoms with Crippen LogP contribution in [0.3, 0.4) is 0 Å². The molecule has 1 aliphatic rings. The maximum atomic E-state index is 12.8. The van der Waals surface area contributed by atoms with Crippen molar-refractivity contribution in [3.63, 3.8) is 0 Å². The van der Waals surface area contributed by atoms with Crippen molar-refractivity contribution in [2.45, 2.75) is 71.0 Å². The van der Waals surface area contributed by atoms with Crippen molar-refractivity contribution in [2.75, 3.05) is 27.8 Å². The predicted molar refractivity (Wildman–Crippen MR) is 117 cm³/mol. The molecule has 1 aliphatic carbocycles. The molecule has 0 spiro atoms. The van der Waals surface area contributed by atoms with Crippen LogP contribution in [0.1, 0.15) is 59.3 Å². The fourth-order valence-corrected chi connectivity index (χ4v) is 3.93. The molecule has 0 aromatic carbocycles. The number of rotatable bonds is 15. The van der Waals surface area contributed by atoms with Gasteiger partial charge in [-0.25, -0.2) is 0 Å². The van der Waals surface area contributed by atoms with Gasteiger partial charge in [0, 0.05) is 26.6 Å². The molecule has 0 aromatic heterocycles. The minimum absolute atomic E-state index is 0.0440. The van der Waals surface area contributed by atoms with Crippen LogP contribution < -0.4 is 0 Å². The highest BCUT2D eigenvalue weighted by Crippen LogP contribution is 2.45. The first kappa shape index (κ1) is 25.8. The number of carbonyl (C=O) groups excluding carboxylic acids is 1. The Bertz CT molecular complexity index is 566. The molecule has 166 valence electrons. The topological polar surface area (TPSA) is 54.0 Å². The summed E-state index contributed by atoms with van der Waals surface area (Å²) in [4.78, 5) is 12.8. The van der Waals surface area contributed by atoms with Gasteiger partial charge < -0.3 is 18.9 Å². The standard InChI is InChI=1S/C24H40O5/c1-8-11-22(28-17-26-6)24(29-18-27-7)14-10-12-20(24)16-19(3)21(25)13-15-23(4,5)9-2/h8-9,16,20,22H,1-2,10-15,17-18H2,3-7H3/b19-16-/t20?,22?,24-/m1/s1. The molecule has 0 N–H and O–H groups in total. The van der Waals surface area contributed by atoms with Crippen LogP contribution in [0.15, 0.2) is 37.0 Å². The highest BCUT2D eigenvalue weighted by molar-refractivity contribution is 5.94. The second-order valence-electron chi connectivity index (χ2n) is 8.56. The Labute approximate surface area is 177 Å². The van der Waals surface area contributed by atoms with Gasteiger partial charge in [0.15, 0.2) is 5.78 Å². The molecular weight excluding hydrogens is 368 g/mol. The first-order chi connectivity index (χ1) is 13.8. The van der Waals surface area contributed by atoms with E-state index in [2.05, 4.69) is 33.1 Å². The van der Waals surface area contributed by atoms with Gasteiger partial charge in [-0.05, 0) is 50.0 Å². The zero-order valence-electron chi connectivity index (χ0n) is 19.0. The molecule has 3 atom stereocenters. The molecule has 0 aromatic rings. The number of carbonyl (C=O) groups is 1. The molecule has 1 saturated carbocycles. The average Bonchev–Trinajstić information content (AvgIpc) is 3.10. The van der Waals surface area contributed by atoms with Gasteiger partial charge in [0.25, 0.3) is 0 Å². The van der Waals surface area contributed by atoms with Crippen molar-refractivity contribution in [1.29, 1.82) is 0 Å². The number of hydrogen-bond donors (Lipinski definition) is 0. The monoisotopic (exact) mass is 408 g/mol. The Balaban J connectivity index is 3.07. The van der Waals surface area contributed by atoms with E-state index in [-0.39, 0.29) is 36.8 Å². The SMILES string of the molecule is C=CCC(OCOC)[C@@]1(OCOC)CCCC1/C=C(/C)C(=O)CCC(C)(C)C=C. The van der Waals surface area contributed by atoms with Crippen LogP contribution in [-0.4, -0.2) is 45.3 Å². The van der Waals surface area contributed by atoms with Gasteiger partial charge in [-0.3, -0.25) is 4.79 Å². The number of Topliss-reactive ketones (excluding diaryl/α,β-unsaturated/α-hetero) is 1. The van der Waals surface area contributed by atoms with Crippen molar-refractivity contribution in [2.24, 2.45) is 11.3 Å². The maximum absolute atomic E-state index is 12.8. The number of ketones is 1. The molecule has 2 unspecified atom stereocenters. The molecule has 1 fully saturated rings. The Morgan fingerprint density at radius 1 is 1.24 bits per heavy atom. The van der Waals surface area contributed by atoms with Crippen molar-refractivity contribution < 1.29 is 23.7 Å². The molecule has 5 nitrogen and oxygen atoms in total. The summed E-state index contributed by atoms with van der Waals surface area (Å²) in [5.74, 6) is 0.237. The molecule has 5 heteroatoms. The minimum Gasteiger partial charge on any atom is -0.359 e. The largest absolute Gasteiger partial charge is 0.359 e. The van der Waals surface area contributed by atoms with E-state index in [0.29, 0.717) is 12.8 Å². The quantitative estimate of drug-likeness (QED) is 0.211. The summed E-state index contributed by atoms with van der Waals surface area (Å²) < 4.78 is 22.6. The Morgan fingerprint density at radius 3 is 2.52 bits per heavy atom. The van der Waals surface area contributed by atoms with Crippen molar-refractivity contribution in [3.8, 4) is 0 Å². The molecule has 0 amide bonds. The van der Waals surface area contributed by atoms with Gasteiger partial charge >= 0.3 is 0 Å². The lowest BCUT2D eigenvalue weighted by Crippen LogP contribution is -2.49. The number of methoxy groups -OCH3 is 2. The third kappa shape index (κ3) is 7.49. The maximum Gasteiger partial charge on any atom is 0.158 e. The molecular formula is C24H40O5. The van der Waals surface area contributed by atoms with E-state index in [1.807, 2.05) is 19.1 Å². The molecule has 29 heavy (non-hydrogen) atoms. The normalized spacial score (nSPS) is 23.8. The van der Waals surface area contributed by atoms with Crippen molar-refractivity contribution in [1.82, 2.24) is 0 Å². The van der Waals surface area contributed by atoms with E-state index in [4.69, 9.17) is 18.9 Å². The van der Waals surface area contributed by atoms with Crippen LogP contribution in [-0.2, 0) is 23.7 Å². The van der Waals surface area contributed by atoms with Crippen molar-refractivity contribution in [3.05, 3.63) is 37.0 Å². The van der Waals surface area contributed by atoms with Crippen molar-refractivity contribution >= 4 is 5.78 Å². The molecule has 0 heterocycles. The van der Waals surface area contributed by atoms with E-state index in [1.165, 1.54) is 0 Å². The summed E-state index contributed by atoms with van der Waals surface area (Å²) in [5, 5.41) is 0. The van der Waals surface area contributed by atoms with E-state index < -0.39 is 5.60 Å². The molecule has 0 radical (unpaired) electrons. The Kier molecular flexibility index (Phi) is 11.0. The fourth-order valence-electron chi connectivity index (χ4n) is 3.93. The van der Waals surface area contributed by atoms with Gasteiger partial charge in [0.05, 0.1) is 6.10 Å². The van der Waals surface area contributed by atoms with E-state index in [9.17, 15) is 4.79 Å². The summed E-state index contributed by atoms with van der Waals surface area (Å²) >= 11 is 0. The summed E-state index contributed by atoms with van der Waals surface area (Å²) in [6, 6.07) is 0. The first-order valence-corrected chi connectivity index (χ1v) is 10.5. The third-order valence-corrected chi connectivity index (χ3v) is 5.91. The van der Waals surface area contributed by atoms with E-state index >= 15 is 0 Å². The second kappa shape index (κ2) is 12.4. The summed E-state index contributed by atoms with van der Waals surface area (Å²) in [6.07, 6.45) is 10.3. The highest BCUT2D eigenvalue weighted by atomic mass is 16.7. The predicted octanol–water partition coefficient (Wildman–Crippen LogP) is 5.22. The zero-order valence-corrected chi connectivity index (χ0v) is 19.0. The lowest BCUT2D eigenvalue weighted by molar-refractivity contribution is -0.216. The second-order valence-corrected chi connectivity index (χ2v) is 8.56. The first-order valence-electron chi connectivity index (χ1n) is 10.5. The molecule has 0 saturated heterocycles. The van der Waals surface area contributed by atoms with Crippen LogP contribution >= 0.6 is 0 Å². The van der Waals surface area contributed by atoms with Gasteiger partial charge in [-0.1, -0.05) is 32.1 Å². The van der Waals surface area contributed by atoms with Crippen LogP contribution in [0.2, 0.25) is 0 Å². The summed E-state index contributed by atoms with van der Waals surface area (Å²) in [5.41, 5.74) is 0.175. The van der Waals surface area contributed by atoms with Gasteiger partial charge in [-0.2, -0.15) is 0 Å². The lowest BCUT2D eigenvalue weighted by atomic mass is 9.81. The zero-order chi connectivity index (χ0) is 21.9. The number of ether oxygens (including phenoxy) is 4. The van der Waals surface area contributed by atoms with E-state index in [0.717, 1.165) is 31.3 Å². The third-order valence-electron chi connectivity index (χ3n) is 5.91. The highest BCUT2D eigenvalue weighted by Gasteiger charge is 2.49. The minimum atomic E-state index is -0.565. The molecule has 0 bridgehead atoms. The number of hydrogen-bond acceptors (Lipinski definition) is 5. The van der Waals surface area contributed by atoms with Gasteiger partial charge in [0.1, 0.15) is 19.2 Å². The summed E-state index contributed by atoms with van der Waals surface area (Å²) in [7, 11) is 3.22. The summed E-state index contributed by atoms with van der Waals surface area (Å²) in [6.45, 7) is 14.2. The average molecular weight is 409 g/mol. The van der Waals surface area contributed by atoms with Crippen LogP contribution in [0.4, 0.5) is 0 Å². The van der Waals surface area contributed by atoms with E-state index in [1.54, 1.807) is 14.2 Å². The molecule has 1 rings (SSSR count). The number of allylic oxidation sites excluding steroid dienone is 2. The lowest BCUT2D eigenvalue weighted by Gasteiger charge is -2.40. The van der Waals surface area contributed by atoms with Crippen LogP contribution in [0.5, 0.6) is 0 Å². The van der Waals surface area contributed by atoms with Crippen LogP contribution in [0.25, 0.3) is 0 Å².